The maximum Gasteiger partial charge on any atom is 0.416 e. The van der Waals surface area contributed by atoms with Crippen LogP contribution in [0.3, 0.4) is 0 Å². The largest absolute Gasteiger partial charge is 0.416 e. The van der Waals surface area contributed by atoms with Crippen molar-refractivity contribution in [3.63, 3.8) is 0 Å². The van der Waals surface area contributed by atoms with Crippen molar-refractivity contribution in [2.24, 2.45) is 5.10 Å². The molecule has 0 heterocycles. The monoisotopic (exact) mass is 365 g/mol. The van der Waals surface area contributed by atoms with Gasteiger partial charge in [0, 0.05) is 12.8 Å². The van der Waals surface area contributed by atoms with Crippen molar-refractivity contribution in [1.29, 1.82) is 0 Å². The SMILES string of the molecule is COCC(=O)NN=C(C)CC(=O)Nc1cc(C(F)(F)F)ccc1Cl. The molecular weight excluding hydrogens is 351 g/mol. The molecule has 0 unspecified atom stereocenters. The minimum absolute atomic E-state index is 0.0284. The minimum Gasteiger partial charge on any atom is -0.375 e. The van der Waals surface area contributed by atoms with Crippen LogP contribution >= 0.6 is 11.6 Å². The zero-order valence-corrected chi connectivity index (χ0v) is 13.6. The summed E-state index contributed by atoms with van der Waals surface area (Å²) < 4.78 is 42.6. The lowest BCUT2D eigenvalue weighted by atomic mass is 10.2. The summed E-state index contributed by atoms with van der Waals surface area (Å²) in [4.78, 5) is 23.0. The highest BCUT2D eigenvalue weighted by atomic mass is 35.5. The molecule has 0 saturated heterocycles. The Morgan fingerprint density at radius 1 is 1.29 bits per heavy atom. The van der Waals surface area contributed by atoms with E-state index < -0.39 is 23.6 Å². The second-order valence-corrected chi connectivity index (χ2v) is 5.14. The van der Waals surface area contributed by atoms with Crippen molar-refractivity contribution in [2.45, 2.75) is 19.5 Å². The summed E-state index contributed by atoms with van der Waals surface area (Å²) in [6, 6.07) is 2.61. The standard InChI is InChI=1S/C14H15ClF3N3O3/c1-8(20-21-13(23)7-24-2)5-12(22)19-11-6-9(14(16,17)18)3-4-10(11)15/h3-4,6H,5,7H2,1-2H3,(H,19,22)(H,21,23). The highest BCUT2D eigenvalue weighted by molar-refractivity contribution is 6.33. The van der Waals surface area contributed by atoms with E-state index in [1.807, 2.05) is 0 Å². The summed E-state index contributed by atoms with van der Waals surface area (Å²) in [6.07, 6.45) is -4.78. The van der Waals surface area contributed by atoms with Gasteiger partial charge in [-0.1, -0.05) is 11.6 Å². The Balaban J connectivity index is 2.71. The van der Waals surface area contributed by atoms with Crippen molar-refractivity contribution in [3.8, 4) is 0 Å². The first kappa shape index (κ1) is 19.9. The molecule has 0 aliphatic heterocycles. The molecule has 0 atom stereocenters. The average Bonchev–Trinajstić information content (AvgIpc) is 2.46. The van der Waals surface area contributed by atoms with E-state index in [4.69, 9.17) is 11.6 Å². The van der Waals surface area contributed by atoms with Gasteiger partial charge in [-0.05, 0) is 25.1 Å². The summed E-state index contributed by atoms with van der Waals surface area (Å²) in [5.74, 6) is -1.13. The molecule has 0 saturated carbocycles. The lowest BCUT2D eigenvalue weighted by Crippen LogP contribution is -2.24. The molecule has 1 aromatic rings. The number of hydrazone groups is 1. The summed E-state index contributed by atoms with van der Waals surface area (Å²) >= 11 is 5.78. The van der Waals surface area contributed by atoms with Crippen molar-refractivity contribution in [2.75, 3.05) is 19.0 Å². The Bertz CT molecular complexity index is 648. The molecule has 0 radical (unpaired) electrons. The van der Waals surface area contributed by atoms with E-state index in [1.165, 1.54) is 14.0 Å². The Morgan fingerprint density at radius 3 is 2.54 bits per heavy atom. The summed E-state index contributed by atoms with van der Waals surface area (Å²) in [5.41, 5.74) is 1.32. The van der Waals surface area contributed by atoms with Crippen LogP contribution in [0.1, 0.15) is 18.9 Å². The second kappa shape index (κ2) is 8.65. The van der Waals surface area contributed by atoms with Gasteiger partial charge in [-0.15, -0.1) is 0 Å². The zero-order valence-electron chi connectivity index (χ0n) is 12.8. The van der Waals surface area contributed by atoms with Crippen molar-refractivity contribution >= 4 is 34.8 Å². The third-order valence-electron chi connectivity index (χ3n) is 2.63. The van der Waals surface area contributed by atoms with Gasteiger partial charge in [0.1, 0.15) is 6.61 Å². The van der Waals surface area contributed by atoms with Crippen LogP contribution in [-0.4, -0.2) is 31.2 Å². The molecule has 0 aromatic heterocycles. The van der Waals surface area contributed by atoms with Crippen LogP contribution in [0, 0.1) is 0 Å². The third kappa shape index (κ3) is 6.55. The number of carbonyl (C=O) groups excluding carboxylic acids is 2. The number of nitrogens with zero attached hydrogens (tertiary/aromatic N) is 1. The van der Waals surface area contributed by atoms with Crippen LogP contribution in [0.25, 0.3) is 0 Å². The van der Waals surface area contributed by atoms with Gasteiger partial charge in [0.15, 0.2) is 0 Å². The number of alkyl halides is 3. The number of methoxy groups -OCH3 is 1. The average molecular weight is 366 g/mol. The number of benzene rings is 1. The minimum atomic E-state index is -4.55. The second-order valence-electron chi connectivity index (χ2n) is 4.73. The maximum absolute atomic E-state index is 12.7. The van der Waals surface area contributed by atoms with Crippen LogP contribution in [0.15, 0.2) is 23.3 Å². The molecule has 0 bridgehead atoms. The molecule has 2 N–H and O–H groups in total. The highest BCUT2D eigenvalue weighted by Gasteiger charge is 2.31. The van der Waals surface area contributed by atoms with Crippen LogP contribution in [-0.2, 0) is 20.5 Å². The molecule has 1 rings (SSSR count). The number of rotatable bonds is 6. The van der Waals surface area contributed by atoms with Crippen molar-refractivity contribution in [1.82, 2.24) is 5.43 Å². The molecule has 0 aliphatic carbocycles. The zero-order chi connectivity index (χ0) is 18.3. The summed E-state index contributed by atoms with van der Waals surface area (Å²) in [7, 11) is 1.34. The number of nitrogens with one attached hydrogen (secondary N) is 2. The number of anilines is 1. The molecule has 0 fully saturated rings. The topological polar surface area (TPSA) is 79.8 Å². The first-order chi connectivity index (χ1) is 11.1. The number of halogens is 4. The van der Waals surface area contributed by atoms with Crippen LogP contribution in [0.5, 0.6) is 0 Å². The van der Waals surface area contributed by atoms with E-state index in [0.717, 1.165) is 18.2 Å². The number of hydrogen-bond donors (Lipinski definition) is 2. The molecular formula is C14H15ClF3N3O3. The van der Waals surface area contributed by atoms with E-state index in [9.17, 15) is 22.8 Å². The molecule has 0 aliphatic rings. The van der Waals surface area contributed by atoms with Gasteiger partial charge in [-0.3, -0.25) is 9.59 Å². The molecule has 2 amide bonds. The van der Waals surface area contributed by atoms with Crippen LogP contribution < -0.4 is 10.7 Å². The number of amides is 2. The fourth-order valence-electron chi connectivity index (χ4n) is 1.58. The van der Waals surface area contributed by atoms with Crippen LogP contribution in [0.2, 0.25) is 5.02 Å². The lowest BCUT2D eigenvalue weighted by molar-refractivity contribution is -0.137. The van der Waals surface area contributed by atoms with Gasteiger partial charge < -0.3 is 10.1 Å². The number of ether oxygens (including phenoxy) is 1. The molecule has 1 aromatic carbocycles. The van der Waals surface area contributed by atoms with Gasteiger partial charge in [0.25, 0.3) is 5.91 Å². The Hall–Kier alpha value is -2.13. The van der Waals surface area contributed by atoms with Gasteiger partial charge in [0.05, 0.1) is 22.7 Å². The normalized spacial score (nSPS) is 12.0. The Kier molecular flexibility index (Phi) is 7.18. The third-order valence-corrected chi connectivity index (χ3v) is 2.96. The molecule has 0 spiro atoms. The van der Waals surface area contributed by atoms with Gasteiger partial charge >= 0.3 is 6.18 Å². The molecule has 132 valence electrons. The molecule has 24 heavy (non-hydrogen) atoms. The first-order valence-corrected chi connectivity index (χ1v) is 6.98. The van der Waals surface area contributed by atoms with Gasteiger partial charge in [0.2, 0.25) is 5.91 Å². The maximum atomic E-state index is 12.7. The first-order valence-electron chi connectivity index (χ1n) is 6.61. The van der Waals surface area contributed by atoms with Crippen molar-refractivity contribution < 1.29 is 27.5 Å². The smallest absolute Gasteiger partial charge is 0.375 e. The Labute approximate surface area is 141 Å². The summed E-state index contributed by atoms with van der Waals surface area (Å²) in [6.45, 7) is 1.28. The predicted molar refractivity (Wildman–Crippen MR) is 82.8 cm³/mol. The van der Waals surface area contributed by atoms with Gasteiger partial charge in [-0.2, -0.15) is 18.3 Å². The van der Waals surface area contributed by atoms with Crippen molar-refractivity contribution in [3.05, 3.63) is 28.8 Å². The lowest BCUT2D eigenvalue weighted by Gasteiger charge is -2.11. The molecule has 6 nitrogen and oxygen atoms in total. The van der Waals surface area contributed by atoms with Crippen LogP contribution in [0.4, 0.5) is 18.9 Å². The van der Waals surface area contributed by atoms with E-state index in [2.05, 4.69) is 20.6 Å². The van der Waals surface area contributed by atoms with E-state index in [0.29, 0.717) is 0 Å². The van der Waals surface area contributed by atoms with Gasteiger partial charge in [-0.25, -0.2) is 5.43 Å². The quantitative estimate of drug-likeness (QED) is 0.601. The predicted octanol–water partition coefficient (Wildman–Crippen LogP) is 2.83. The fourth-order valence-corrected chi connectivity index (χ4v) is 1.75. The number of carbonyl (C=O) groups is 2. The fraction of sp³-hybridized carbons (Fsp3) is 0.357. The van der Waals surface area contributed by atoms with E-state index in [1.54, 1.807) is 0 Å². The molecule has 10 heteroatoms. The summed E-state index contributed by atoms with van der Waals surface area (Å²) in [5, 5.41) is 5.92. The highest BCUT2D eigenvalue weighted by Crippen LogP contribution is 2.33. The number of hydrogen-bond acceptors (Lipinski definition) is 4. The van der Waals surface area contributed by atoms with E-state index >= 15 is 0 Å². The van der Waals surface area contributed by atoms with E-state index in [-0.39, 0.29) is 29.4 Å². The Morgan fingerprint density at radius 2 is 1.96 bits per heavy atom.